The predicted octanol–water partition coefficient (Wildman–Crippen LogP) is 3.35. The van der Waals surface area contributed by atoms with E-state index in [1.54, 1.807) is 17.6 Å². The van der Waals surface area contributed by atoms with Gasteiger partial charge in [0.1, 0.15) is 17.2 Å². The van der Waals surface area contributed by atoms with Crippen LogP contribution in [-0.2, 0) is 13.1 Å². The Bertz CT molecular complexity index is 1090. The van der Waals surface area contributed by atoms with Gasteiger partial charge in [-0.05, 0) is 30.2 Å². The Hall–Kier alpha value is -3.59. The van der Waals surface area contributed by atoms with Gasteiger partial charge in [-0.25, -0.2) is 9.97 Å². The van der Waals surface area contributed by atoms with Gasteiger partial charge in [0.05, 0.1) is 5.56 Å². The number of carbonyl (C=O) groups is 1. The number of hydrogen-bond acceptors (Lipinski definition) is 7. The van der Waals surface area contributed by atoms with E-state index in [-0.39, 0.29) is 5.91 Å². The summed E-state index contributed by atoms with van der Waals surface area (Å²) in [6, 6.07) is 11.9. The number of benzene rings is 1. The number of rotatable bonds is 7. The minimum absolute atomic E-state index is 0.261. The highest BCUT2D eigenvalue weighted by molar-refractivity contribution is 7.13. The molecule has 0 fully saturated rings. The van der Waals surface area contributed by atoms with Gasteiger partial charge in [-0.3, -0.25) is 10.1 Å². The van der Waals surface area contributed by atoms with E-state index in [4.69, 9.17) is 0 Å². The molecule has 4 aromatic rings. The van der Waals surface area contributed by atoms with Gasteiger partial charge in [0.25, 0.3) is 5.91 Å². The molecule has 0 saturated carbocycles. The third kappa shape index (κ3) is 4.82. The molecule has 3 aromatic heterocycles. The maximum absolute atomic E-state index is 12.2. The summed E-state index contributed by atoms with van der Waals surface area (Å²) in [6.07, 6.45) is 5.33. The van der Waals surface area contributed by atoms with Crippen molar-refractivity contribution >= 4 is 28.2 Å². The van der Waals surface area contributed by atoms with Gasteiger partial charge >= 0.3 is 0 Å². The van der Waals surface area contributed by atoms with Crippen LogP contribution in [0, 0.1) is 6.92 Å². The summed E-state index contributed by atoms with van der Waals surface area (Å²) >= 11 is 1.27. The van der Waals surface area contributed by atoms with Crippen LogP contribution in [0.15, 0.2) is 60.5 Å². The number of nitrogens with one attached hydrogen (secondary N) is 2. The molecule has 4 rings (SSSR count). The van der Waals surface area contributed by atoms with Crippen molar-refractivity contribution in [3.05, 3.63) is 83.0 Å². The van der Waals surface area contributed by atoms with Gasteiger partial charge in [0.15, 0.2) is 0 Å². The van der Waals surface area contributed by atoms with E-state index in [1.165, 1.54) is 23.1 Å². The van der Waals surface area contributed by atoms with Crippen LogP contribution in [0.4, 0.5) is 10.9 Å². The van der Waals surface area contributed by atoms with Crippen LogP contribution in [0.1, 0.15) is 27.3 Å². The van der Waals surface area contributed by atoms with Crippen molar-refractivity contribution in [3.63, 3.8) is 0 Å². The molecule has 0 saturated heterocycles. The smallest absolute Gasteiger partial charge is 0.259 e. The third-order valence-corrected chi connectivity index (χ3v) is 4.95. The fourth-order valence-electron chi connectivity index (χ4n) is 2.83. The first-order valence-electron chi connectivity index (χ1n) is 9.00. The van der Waals surface area contributed by atoms with Gasteiger partial charge in [0.2, 0.25) is 5.13 Å². The molecule has 0 radical (unpaired) electrons. The second kappa shape index (κ2) is 8.61. The predicted molar refractivity (Wildman–Crippen MR) is 112 cm³/mol. The molecule has 0 aliphatic carbocycles. The molecule has 0 aliphatic rings. The molecule has 1 aromatic carbocycles. The number of pyridine rings is 1. The monoisotopic (exact) mass is 405 g/mol. The number of hydrogen-bond donors (Lipinski definition) is 2. The molecule has 9 heteroatoms. The standard InChI is InChI=1S/C20H19N7OS/c1-14-21-7-8-27(14)12-16-4-2-3-15(9-16)10-22-18-6-5-17(11-23-18)19(28)25-20-26-24-13-29-20/h2-9,11,13H,10,12H2,1H3,(H,22,23)(H,25,26,28). The third-order valence-electron chi connectivity index (χ3n) is 4.35. The van der Waals surface area contributed by atoms with Crippen molar-refractivity contribution in [2.45, 2.75) is 20.0 Å². The summed E-state index contributed by atoms with van der Waals surface area (Å²) < 4.78 is 2.11. The van der Waals surface area contributed by atoms with Crippen molar-refractivity contribution in [1.29, 1.82) is 0 Å². The summed E-state index contributed by atoms with van der Waals surface area (Å²) in [4.78, 5) is 20.7. The van der Waals surface area contributed by atoms with Gasteiger partial charge in [-0.2, -0.15) is 0 Å². The molecule has 0 unspecified atom stereocenters. The second-order valence-electron chi connectivity index (χ2n) is 6.41. The number of amides is 1. The largest absolute Gasteiger partial charge is 0.366 e. The van der Waals surface area contributed by atoms with E-state index < -0.39 is 0 Å². The zero-order valence-electron chi connectivity index (χ0n) is 15.7. The topological polar surface area (TPSA) is 97.6 Å². The van der Waals surface area contributed by atoms with Crippen molar-refractivity contribution < 1.29 is 4.79 Å². The molecule has 3 heterocycles. The Kier molecular flexibility index (Phi) is 5.57. The number of anilines is 2. The Morgan fingerprint density at radius 3 is 2.79 bits per heavy atom. The van der Waals surface area contributed by atoms with E-state index >= 15 is 0 Å². The number of aromatic nitrogens is 5. The molecular weight excluding hydrogens is 386 g/mol. The summed E-state index contributed by atoms with van der Waals surface area (Å²) in [5, 5.41) is 13.9. The Balaban J connectivity index is 1.35. The summed E-state index contributed by atoms with van der Waals surface area (Å²) in [6.45, 7) is 3.42. The van der Waals surface area contributed by atoms with Crippen LogP contribution in [-0.4, -0.2) is 30.6 Å². The Labute approximate surface area is 171 Å². The summed E-state index contributed by atoms with van der Waals surface area (Å²) in [7, 11) is 0. The molecule has 0 spiro atoms. The van der Waals surface area contributed by atoms with Crippen molar-refractivity contribution in [1.82, 2.24) is 24.7 Å². The van der Waals surface area contributed by atoms with Crippen LogP contribution < -0.4 is 10.6 Å². The maximum atomic E-state index is 12.2. The zero-order chi connectivity index (χ0) is 20.1. The van der Waals surface area contributed by atoms with Crippen LogP contribution in [0.5, 0.6) is 0 Å². The van der Waals surface area contributed by atoms with E-state index in [0.29, 0.717) is 23.1 Å². The van der Waals surface area contributed by atoms with E-state index in [2.05, 4.69) is 53.6 Å². The molecule has 146 valence electrons. The highest BCUT2D eigenvalue weighted by Crippen LogP contribution is 2.13. The molecular formula is C20H19N7OS. The average molecular weight is 405 g/mol. The van der Waals surface area contributed by atoms with Gasteiger partial charge in [0, 0.05) is 31.7 Å². The molecule has 29 heavy (non-hydrogen) atoms. The highest BCUT2D eigenvalue weighted by Gasteiger charge is 2.08. The molecule has 0 bridgehead atoms. The number of nitrogens with zero attached hydrogens (tertiary/aromatic N) is 5. The maximum Gasteiger partial charge on any atom is 0.259 e. The van der Waals surface area contributed by atoms with E-state index in [1.807, 2.05) is 25.4 Å². The fraction of sp³-hybridized carbons (Fsp3) is 0.150. The van der Waals surface area contributed by atoms with Crippen molar-refractivity contribution in [2.75, 3.05) is 10.6 Å². The van der Waals surface area contributed by atoms with E-state index in [9.17, 15) is 4.79 Å². The average Bonchev–Trinajstić information content (AvgIpc) is 3.39. The summed E-state index contributed by atoms with van der Waals surface area (Å²) in [5.41, 5.74) is 4.39. The molecule has 0 aliphatic heterocycles. The molecule has 0 atom stereocenters. The van der Waals surface area contributed by atoms with Crippen LogP contribution >= 0.6 is 11.3 Å². The van der Waals surface area contributed by atoms with Crippen molar-refractivity contribution in [3.8, 4) is 0 Å². The van der Waals surface area contributed by atoms with Crippen LogP contribution in [0.25, 0.3) is 0 Å². The first-order chi connectivity index (χ1) is 14.2. The Morgan fingerprint density at radius 1 is 1.17 bits per heavy atom. The van der Waals surface area contributed by atoms with Crippen LogP contribution in [0.2, 0.25) is 0 Å². The van der Waals surface area contributed by atoms with Crippen molar-refractivity contribution in [2.24, 2.45) is 0 Å². The zero-order valence-corrected chi connectivity index (χ0v) is 16.6. The minimum atomic E-state index is -0.261. The van der Waals surface area contributed by atoms with E-state index in [0.717, 1.165) is 17.9 Å². The van der Waals surface area contributed by atoms with Crippen LogP contribution in [0.3, 0.4) is 0 Å². The lowest BCUT2D eigenvalue weighted by Gasteiger charge is -2.09. The SMILES string of the molecule is Cc1nccn1Cc1cccc(CNc2ccc(C(=O)Nc3nncs3)cn2)c1. The first-order valence-corrected chi connectivity index (χ1v) is 9.88. The lowest BCUT2D eigenvalue weighted by molar-refractivity contribution is 0.102. The molecule has 2 N–H and O–H groups in total. The molecule has 8 nitrogen and oxygen atoms in total. The number of carbonyl (C=O) groups excluding carboxylic acids is 1. The Morgan fingerprint density at radius 2 is 2.07 bits per heavy atom. The number of imidazole rings is 1. The minimum Gasteiger partial charge on any atom is -0.366 e. The second-order valence-corrected chi connectivity index (χ2v) is 7.24. The van der Waals surface area contributed by atoms with Gasteiger partial charge < -0.3 is 9.88 Å². The first kappa shape index (κ1) is 18.8. The van der Waals surface area contributed by atoms with Gasteiger partial charge in [-0.15, -0.1) is 10.2 Å². The normalized spacial score (nSPS) is 10.7. The highest BCUT2D eigenvalue weighted by atomic mass is 32.1. The number of aryl methyl sites for hydroxylation is 1. The summed E-state index contributed by atoms with van der Waals surface area (Å²) in [5.74, 6) is 1.43. The quantitative estimate of drug-likeness (QED) is 0.489. The fourth-order valence-corrected chi connectivity index (χ4v) is 3.27. The molecule has 1 amide bonds. The lowest BCUT2D eigenvalue weighted by Crippen LogP contribution is -2.12. The lowest BCUT2D eigenvalue weighted by atomic mass is 10.1. The van der Waals surface area contributed by atoms with Gasteiger partial charge in [-0.1, -0.05) is 35.6 Å².